The second-order valence-electron chi connectivity index (χ2n) is 3.59. The minimum absolute atomic E-state index is 0.259. The van der Waals surface area contributed by atoms with Crippen LogP contribution < -0.4 is 5.32 Å². The predicted molar refractivity (Wildman–Crippen MR) is 40.3 cm³/mol. The van der Waals surface area contributed by atoms with E-state index in [2.05, 4.69) is 5.32 Å². The maximum Gasteiger partial charge on any atom is 0.320 e. The normalized spacial score (nSPS) is 42.4. The van der Waals surface area contributed by atoms with E-state index in [0.29, 0.717) is 12.0 Å². The maximum atomic E-state index is 10.6. The topological polar surface area (TPSA) is 49.3 Å². The van der Waals surface area contributed by atoms with Crippen LogP contribution in [0.2, 0.25) is 0 Å². The standard InChI is InChI=1S/C8H13NO2/c10-8(11)7-4-5-2-1-3-6(5)9-7/h5-7,9H,1-4H2,(H,10,11)/t5-,6+,7?/m1/s1. The second kappa shape index (κ2) is 2.48. The van der Waals surface area contributed by atoms with Crippen molar-refractivity contribution in [3.8, 4) is 0 Å². The molecule has 1 saturated heterocycles. The lowest BCUT2D eigenvalue weighted by Crippen LogP contribution is -2.34. The number of aliphatic carboxylic acids is 1. The summed E-state index contributed by atoms with van der Waals surface area (Å²) in [5.41, 5.74) is 0. The number of rotatable bonds is 1. The molecule has 11 heavy (non-hydrogen) atoms. The fourth-order valence-corrected chi connectivity index (χ4v) is 2.34. The van der Waals surface area contributed by atoms with Crippen molar-refractivity contribution >= 4 is 5.97 Å². The van der Waals surface area contributed by atoms with Crippen LogP contribution in [-0.2, 0) is 4.79 Å². The van der Waals surface area contributed by atoms with Gasteiger partial charge in [-0.15, -0.1) is 0 Å². The summed E-state index contributed by atoms with van der Waals surface area (Å²) in [5.74, 6) is -0.0319. The average molecular weight is 155 g/mol. The molecule has 0 radical (unpaired) electrons. The van der Waals surface area contributed by atoms with Crippen molar-refractivity contribution in [2.75, 3.05) is 0 Å². The molecule has 3 atom stereocenters. The summed E-state index contributed by atoms with van der Waals surface area (Å²) < 4.78 is 0. The molecular formula is C8H13NO2. The first kappa shape index (κ1) is 7.10. The molecule has 2 rings (SSSR count). The average Bonchev–Trinajstić information content (AvgIpc) is 2.40. The van der Waals surface area contributed by atoms with Gasteiger partial charge in [-0.3, -0.25) is 4.79 Å². The van der Waals surface area contributed by atoms with Crippen molar-refractivity contribution in [3.05, 3.63) is 0 Å². The number of carboxylic acids is 1. The van der Waals surface area contributed by atoms with Gasteiger partial charge < -0.3 is 10.4 Å². The van der Waals surface area contributed by atoms with E-state index in [1.807, 2.05) is 0 Å². The van der Waals surface area contributed by atoms with Crippen molar-refractivity contribution < 1.29 is 9.90 Å². The van der Waals surface area contributed by atoms with E-state index in [1.54, 1.807) is 0 Å². The van der Waals surface area contributed by atoms with E-state index < -0.39 is 5.97 Å². The SMILES string of the molecule is O=C(O)C1C[C@H]2CCC[C@@H]2N1. The van der Waals surface area contributed by atoms with Gasteiger partial charge in [-0.2, -0.15) is 0 Å². The number of fused-ring (bicyclic) bond motifs is 1. The van der Waals surface area contributed by atoms with E-state index in [4.69, 9.17) is 5.11 Å². The van der Waals surface area contributed by atoms with Crippen LogP contribution in [0.1, 0.15) is 25.7 Å². The van der Waals surface area contributed by atoms with Gasteiger partial charge in [0, 0.05) is 6.04 Å². The lowest BCUT2D eigenvalue weighted by atomic mass is 10.0. The highest BCUT2D eigenvalue weighted by Gasteiger charge is 2.39. The molecule has 2 N–H and O–H groups in total. The van der Waals surface area contributed by atoms with Crippen LogP contribution in [0.3, 0.4) is 0 Å². The van der Waals surface area contributed by atoms with Gasteiger partial charge >= 0.3 is 5.97 Å². The highest BCUT2D eigenvalue weighted by molar-refractivity contribution is 5.74. The molecule has 3 heteroatoms. The molecule has 0 aromatic heterocycles. The zero-order chi connectivity index (χ0) is 7.84. The van der Waals surface area contributed by atoms with Crippen LogP contribution in [0, 0.1) is 5.92 Å². The fourth-order valence-electron chi connectivity index (χ4n) is 2.34. The number of hydrogen-bond donors (Lipinski definition) is 2. The smallest absolute Gasteiger partial charge is 0.320 e. The van der Waals surface area contributed by atoms with Crippen LogP contribution in [0.15, 0.2) is 0 Å². The van der Waals surface area contributed by atoms with E-state index in [1.165, 1.54) is 19.3 Å². The molecule has 0 amide bonds. The summed E-state index contributed by atoms with van der Waals surface area (Å²) in [6, 6.07) is 0.251. The zero-order valence-corrected chi connectivity index (χ0v) is 6.42. The Labute approximate surface area is 65.8 Å². The van der Waals surface area contributed by atoms with Crippen molar-refractivity contribution in [2.45, 2.75) is 37.8 Å². The Morgan fingerprint density at radius 1 is 1.45 bits per heavy atom. The number of hydrogen-bond acceptors (Lipinski definition) is 2. The predicted octanol–water partition coefficient (Wildman–Crippen LogP) is 0.602. The molecule has 0 aromatic rings. The Bertz CT molecular complexity index is 169. The third kappa shape index (κ3) is 1.13. The molecule has 2 fully saturated rings. The van der Waals surface area contributed by atoms with Crippen LogP contribution in [-0.4, -0.2) is 23.2 Å². The minimum Gasteiger partial charge on any atom is -0.480 e. The first-order valence-corrected chi connectivity index (χ1v) is 4.26. The third-order valence-corrected chi connectivity index (χ3v) is 2.91. The highest BCUT2D eigenvalue weighted by atomic mass is 16.4. The van der Waals surface area contributed by atoms with Crippen molar-refractivity contribution in [3.63, 3.8) is 0 Å². The summed E-state index contributed by atoms with van der Waals surface area (Å²) in [5, 5.41) is 11.9. The Balaban J connectivity index is 1.99. The van der Waals surface area contributed by atoms with Gasteiger partial charge in [0.05, 0.1) is 0 Å². The van der Waals surface area contributed by atoms with Gasteiger partial charge in [-0.05, 0) is 25.2 Å². The number of carboxylic acid groups (broad SMARTS) is 1. The molecule has 3 nitrogen and oxygen atoms in total. The first-order valence-electron chi connectivity index (χ1n) is 4.26. The van der Waals surface area contributed by atoms with Crippen LogP contribution in [0.5, 0.6) is 0 Å². The maximum absolute atomic E-state index is 10.6. The highest BCUT2D eigenvalue weighted by Crippen LogP contribution is 2.34. The number of nitrogens with one attached hydrogen (secondary N) is 1. The van der Waals surface area contributed by atoms with Crippen LogP contribution in [0.4, 0.5) is 0 Å². The van der Waals surface area contributed by atoms with E-state index in [9.17, 15) is 4.79 Å². The summed E-state index contributed by atoms with van der Waals surface area (Å²) >= 11 is 0. The van der Waals surface area contributed by atoms with E-state index in [0.717, 1.165) is 6.42 Å². The molecule has 2 aliphatic rings. The summed E-state index contributed by atoms with van der Waals surface area (Å²) in [7, 11) is 0. The van der Waals surface area contributed by atoms with Gasteiger partial charge in [0.2, 0.25) is 0 Å². The molecule has 1 heterocycles. The Morgan fingerprint density at radius 2 is 2.27 bits per heavy atom. The van der Waals surface area contributed by atoms with Crippen LogP contribution >= 0.6 is 0 Å². The lowest BCUT2D eigenvalue weighted by Gasteiger charge is -2.07. The van der Waals surface area contributed by atoms with Gasteiger partial charge in [-0.1, -0.05) is 6.42 Å². The summed E-state index contributed by atoms with van der Waals surface area (Å²) in [6.45, 7) is 0. The van der Waals surface area contributed by atoms with Gasteiger partial charge in [0.15, 0.2) is 0 Å². The Kier molecular flexibility index (Phi) is 1.60. The third-order valence-electron chi connectivity index (χ3n) is 2.91. The van der Waals surface area contributed by atoms with Crippen molar-refractivity contribution in [2.24, 2.45) is 5.92 Å². The molecule has 0 bridgehead atoms. The monoisotopic (exact) mass is 155 g/mol. The molecule has 0 spiro atoms. The molecule has 1 aliphatic heterocycles. The number of carbonyl (C=O) groups is 1. The fraction of sp³-hybridized carbons (Fsp3) is 0.875. The van der Waals surface area contributed by atoms with E-state index in [-0.39, 0.29) is 6.04 Å². The van der Waals surface area contributed by atoms with Gasteiger partial charge in [0.25, 0.3) is 0 Å². The molecule has 1 aliphatic carbocycles. The molecule has 1 saturated carbocycles. The van der Waals surface area contributed by atoms with Crippen LogP contribution in [0.25, 0.3) is 0 Å². The van der Waals surface area contributed by atoms with Crippen molar-refractivity contribution in [1.29, 1.82) is 0 Å². The quantitative estimate of drug-likeness (QED) is 0.583. The Morgan fingerprint density at radius 3 is 2.91 bits per heavy atom. The minimum atomic E-state index is -0.681. The van der Waals surface area contributed by atoms with Crippen molar-refractivity contribution in [1.82, 2.24) is 5.32 Å². The lowest BCUT2D eigenvalue weighted by molar-refractivity contribution is -0.139. The second-order valence-corrected chi connectivity index (χ2v) is 3.59. The van der Waals surface area contributed by atoms with E-state index >= 15 is 0 Å². The van der Waals surface area contributed by atoms with Gasteiger partial charge in [-0.25, -0.2) is 0 Å². The summed E-state index contributed by atoms with van der Waals surface area (Å²) in [6.07, 6.45) is 4.52. The molecule has 1 unspecified atom stereocenters. The molecular weight excluding hydrogens is 142 g/mol. The molecule has 0 aromatic carbocycles. The summed E-state index contributed by atoms with van der Waals surface area (Å²) in [4.78, 5) is 10.6. The van der Waals surface area contributed by atoms with Gasteiger partial charge in [0.1, 0.15) is 6.04 Å². The first-order chi connectivity index (χ1) is 5.27. The largest absolute Gasteiger partial charge is 0.480 e. The molecule has 62 valence electrons. The Hall–Kier alpha value is -0.570. The zero-order valence-electron chi connectivity index (χ0n) is 6.42.